The predicted octanol–water partition coefficient (Wildman–Crippen LogP) is 8.55. The van der Waals surface area contributed by atoms with Crippen molar-refractivity contribution in [2.24, 2.45) is 0 Å². The number of urea groups is 1. The number of hydrogen-bond donors (Lipinski definition) is 2. The molecule has 4 aromatic carbocycles. The van der Waals surface area contributed by atoms with Crippen molar-refractivity contribution < 1.29 is 42.7 Å². The lowest BCUT2D eigenvalue weighted by atomic mass is 9.84. The van der Waals surface area contributed by atoms with Gasteiger partial charge in [-0.05, 0) is 80.0 Å². The Hall–Kier alpha value is -5.80. The van der Waals surface area contributed by atoms with Crippen molar-refractivity contribution in [2.75, 3.05) is 92.2 Å². The van der Waals surface area contributed by atoms with E-state index in [0.717, 1.165) is 28.4 Å². The minimum absolute atomic E-state index is 0.0422. The van der Waals surface area contributed by atoms with E-state index in [-0.39, 0.29) is 11.2 Å². The zero-order valence-corrected chi connectivity index (χ0v) is 36.6. The van der Waals surface area contributed by atoms with Gasteiger partial charge in [-0.3, -0.25) is 4.79 Å². The normalized spacial score (nSPS) is 11.4. The number of amides is 2. The van der Waals surface area contributed by atoms with Gasteiger partial charge in [-0.2, -0.15) is 4.98 Å². The molecule has 14 nitrogen and oxygen atoms in total. The molecule has 0 saturated heterocycles. The van der Waals surface area contributed by atoms with Crippen LogP contribution < -0.4 is 29.6 Å². The van der Waals surface area contributed by atoms with Gasteiger partial charge in [0.15, 0.2) is 11.5 Å². The summed E-state index contributed by atoms with van der Waals surface area (Å²) in [7, 11) is 8.70. The Bertz CT molecular complexity index is 2220. The van der Waals surface area contributed by atoms with Crippen molar-refractivity contribution in [3.05, 3.63) is 102 Å². The number of hydrogen-bond acceptors (Lipinski definition) is 12. The van der Waals surface area contributed by atoms with Crippen LogP contribution >= 0.6 is 0 Å². The van der Waals surface area contributed by atoms with Crippen LogP contribution in [0.5, 0.6) is 28.9 Å². The van der Waals surface area contributed by atoms with Crippen molar-refractivity contribution >= 4 is 34.0 Å². The van der Waals surface area contributed by atoms with E-state index in [2.05, 4.69) is 36.4 Å². The van der Waals surface area contributed by atoms with Crippen LogP contribution in [-0.2, 0) is 26.0 Å². The highest BCUT2D eigenvalue weighted by Crippen LogP contribution is 2.38. The van der Waals surface area contributed by atoms with E-state index in [0.29, 0.717) is 111 Å². The van der Waals surface area contributed by atoms with Gasteiger partial charge < -0.3 is 48.7 Å². The number of carbonyl (C=O) groups is 2. The van der Waals surface area contributed by atoms with Crippen molar-refractivity contribution in [3.63, 3.8) is 0 Å². The number of ketones is 1. The third kappa shape index (κ3) is 13.9. The van der Waals surface area contributed by atoms with Crippen LogP contribution in [0.4, 0.5) is 16.2 Å². The van der Waals surface area contributed by atoms with Crippen LogP contribution in [0.1, 0.15) is 60.9 Å². The van der Waals surface area contributed by atoms with Crippen LogP contribution in [-0.4, -0.2) is 108 Å². The second-order valence-electron chi connectivity index (χ2n) is 15.6. The van der Waals surface area contributed by atoms with Crippen molar-refractivity contribution in [1.82, 2.24) is 14.9 Å². The maximum absolute atomic E-state index is 13.7. The summed E-state index contributed by atoms with van der Waals surface area (Å²) in [6, 6.07) is 21.8. The Morgan fingerprint density at radius 1 is 0.754 bits per heavy atom. The molecule has 0 saturated carbocycles. The first-order valence-corrected chi connectivity index (χ1v) is 20.3. The minimum atomic E-state index is -0.492. The van der Waals surface area contributed by atoms with Crippen LogP contribution in [0.2, 0.25) is 0 Å². The molecular weight excluding hydrogens is 779 g/mol. The maximum atomic E-state index is 13.7. The van der Waals surface area contributed by atoms with Crippen molar-refractivity contribution in [3.8, 4) is 28.9 Å². The van der Waals surface area contributed by atoms with Gasteiger partial charge in [0, 0.05) is 49.1 Å². The topological polar surface area (TPSA) is 152 Å². The highest BCUT2D eigenvalue weighted by Gasteiger charge is 2.24. The molecule has 1 heterocycles. The molecule has 61 heavy (non-hydrogen) atoms. The first kappa shape index (κ1) is 46.3. The third-order valence-corrected chi connectivity index (χ3v) is 9.58. The molecule has 0 radical (unpaired) electrons. The molecule has 0 fully saturated rings. The van der Waals surface area contributed by atoms with Crippen LogP contribution in [0, 0.1) is 0 Å². The van der Waals surface area contributed by atoms with E-state index in [9.17, 15) is 9.59 Å². The average Bonchev–Trinajstić information content (AvgIpc) is 3.23. The fourth-order valence-electron chi connectivity index (χ4n) is 6.45. The maximum Gasteiger partial charge on any atom is 0.323 e. The van der Waals surface area contributed by atoms with Gasteiger partial charge in [0.25, 0.3) is 0 Å². The average molecular weight is 838 g/mol. The van der Waals surface area contributed by atoms with Gasteiger partial charge >= 0.3 is 6.03 Å². The first-order chi connectivity index (χ1) is 29.4. The molecule has 1 aromatic heterocycles. The Labute approximate surface area is 358 Å². The number of nitrogens with zero attached hydrogens (tertiary/aromatic N) is 3. The lowest BCUT2D eigenvalue weighted by Gasteiger charge is -2.23. The predicted molar refractivity (Wildman–Crippen MR) is 237 cm³/mol. The number of methoxy groups -OCH3 is 3. The van der Waals surface area contributed by atoms with Gasteiger partial charge in [0.2, 0.25) is 5.88 Å². The number of fused-ring (bicyclic) bond motifs is 1. The Morgan fingerprint density at radius 2 is 1.46 bits per heavy atom. The molecule has 5 aromatic rings. The molecule has 326 valence electrons. The molecule has 2 N–H and O–H groups in total. The van der Waals surface area contributed by atoms with Gasteiger partial charge in [0.05, 0.1) is 64.2 Å². The fraction of sp³-hybridized carbons (Fsp3) is 0.404. The molecule has 0 spiro atoms. The molecular formula is C47H59N5O9. The molecule has 0 aliphatic heterocycles. The Morgan fingerprint density at radius 3 is 2.16 bits per heavy atom. The lowest BCUT2D eigenvalue weighted by molar-refractivity contribution is 0.0179. The minimum Gasteiger partial charge on any atom is -0.497 e. The van der Waals surface area contributed by atoms with Crippen LogP contribution in [0.3, 0.4) is 0 Å². The zero-order valence-electron chi connectivity index (χ0n) is 36.6. The van der Waals surface area contributed by atoms with E-state index in [1.807, 2.05) is 73.6 Å². The van der Waals surface area contributed by atoms with E-state index >= 15 is 0 Å². The van der Waals surface area contributed by atoms with E-state index < -0.39 is 6.03 Å². The summed E-state index contributed by atoms with van der Waals surface area (Å²) in [5.74, 6) is 3.01. The van der Waals surface area contributed by atoms with E-state index in [1.54, 1.807) is 38.6 Å². The van der Waals surface area contributed by atoms with Gasteiger partial charge in [0.1, 0.15) is 29.7 Å². The Kier molecular flexibility index (Phi) is 17.2. The number of carbonyl (C=O) groups excluding carboxylic acids is 2. The molecule has 5 rings (SSSR count). The quantitative estimate of drug-likeness (QED) is 0.0479. The fourth-order valence-corrected chi connectivity index (χ4v) is 6.45. The van der Waals surface area contributed by atoms with Crippen molar-refractivity contribution in [1.29, 1.82) is 0 Å². The Balaban J connectivity index is 1.27. The van der Waals surface area contributed by atoms with Crippen LogP contribution in [0.15, 0.2) is 79.0 Å². The van der Waals surface area contributed by atoms with E-state index in [4.69, 9.17) is 38.1 Å². The summed E-state index contributed by atoms with van der Waals surface area (Å²) in [6.45, 7) is 9.77. The number of benzene rings is 4. The second kappa shape index (κ2) is 22.7. The summed E-state index contributed by atoms with van der Waals surface area (Å²) < 4.78 is 39.6. The number of aromatic nitrogens is 2. The smallest absolute Gasteiger partial charge is 0.323 e. The monoisotopic (exact) mass is 837 g/mol. The SMILES string of the molecule is COCCOCCOCCOc1cc(Cc2nccc(Oc3ccc(NC(=O)Nc4cc(C(C)(C)C)cc(C(=O)CCCN(C)C)c4OC)c4ccccc34)n2)cc(OC)c1. The molecule has 0 atom stereocenters. The van der Waals surface area contributed by atoms with Gasteiger partial charge in [-0.15, -0.1) is 0 Å². The van der Waals surface area contributed by atoms with Crippen LogP contribution in [0.25, 0.3) is 10.8 Å². The van der Waals surface area contributed by atoms with Gasteiger partial charge in [-0.25, -0.2) is 9.78 Å². The summed E-state index contributed by atoms with van der Waals surface area (Å²) in [5.41, 5.74) is 2.91. The third-order valence-electron chi connectivity index (χ3n) is 9.58. The molecule has 2 amide bonds. The summed E-state index contributed by atoms with van der Waals surface area (Å²) in [6.07, 6.45) is 3.11. The van der Waals surface area contributed by atoms with Gasteiger partial charge in [-0.1, -0.05) is 45.0 Å². The highest BCUT2D eigenvalue weighted by molar-refractivity contribution is 6.09. The standard InChI is InChI=1S/C47H59N5O9/c1-47(2,3)33-29-38(41(53)14-11-19-52(4)5)45(57-8)40(30-33)50-46(54)49-39-15-16-42(37-13-10-9-12-36(37)39)61-44-17-18-48-43(51-44)28-32-26-34(56-7)31-35(27-32)60-25-24-59-23-22-58-21-20-55-6/h9-10,12-13,15-18,26-27,29-31H,11,14,19-25,28H2,1-8H3,(H2,49,50,54). The first-order valence-electron chi connectivity index (χ1n) is 20.3. The molecule has 0 bridgehead atoms. The zero-order chi connectivity index (χ0) is 43.8. The summed E-state index contributed by atoms with van der Waals surface area (Å²) >= 11 is 0. The number of ether oxygens (including phenoxy) is 7. The van der Waals surface area contributed by atoms with Crippen molar-refractivity contribution in [2.45, 2.75) is 45.4 Å². The largest absolute Gasteiger partial charge is 0.497 e. The lowest BCUT2D eigenvalue weighted by Crippen LogP contribution is -2.22. The number of rotatable bonds is 23. The van der Waals surface area contributed by atoms with E-state index in [1.165, 1.54) is 7.11 Å². The number of Topliss-reactive ketones (excluding diaryl/α,β-unsaturated/α-hetero) is 1. The molecule has 0 unspecified atom stereocenters. The number of anilines is 2. The molecule has 0 aliphatic carbocycles. The molecule has 14 heteroatoms. The number of nitrogens with one attached hydrogen (secondary N) is 2. The molecule has 0 aliphatic rings. The summed E-state index contributed by atoms with van der Waals surface area (Å²) in [4.78, 5) is 38.4. The highest BCUT2D eigenvalue weighted by atomic mass is 16.6. The second-order valence-corrected chi connectivity index (χ2v) is 15.6. The summed E-state index contributed by atoms with van der Waals surface area (Å²) in [5, 5.41) is 7.47.